The zero-order valence-corrected chi connectivity index (χ0v) is 34.0. The van der Waals surface area contributed by atoms with Crippen molar-refractivity contribution in [2.24, 2.45) is 16.2 Å². The smallest absolute Gasteiger partial charge is 0.362 e. The van der Waals surface area contributed by atoms with Crippen LogP contribution >= 0.6 is 11.3 Å². The Morgan fingerprint density at radius 2 is 1.82 bits per heavy atom. The highest BCUT2D eigenvalue weighted by atomic mass is 32.1. The van der Waals surface area contributed by atoms with Crippen LogP contribution in [-0.2, 0) is 24.2 Å². The summed E-state index contributed by atoms with van der Waals surface area (Å²) in [6, 6.07) is 13.4. The molecule has 57 heavy (non-hydrogen) atoms. The van der Waals surface area contributed by atoms with Gasteiger partial charge in [-0.25, -0.2) is 14.8 Å². The number of aromatic nitrogens is 6. The van der Waals surface area contributed by atoms with Gasteiger partial charge in [-0.15, -0.1) is 10.2 Å². The van der Waals surface area contributed by atoms with Crippen LogP contribution < -0.4 is 20.3 Å². The maximum absolute atomic E-state index is 13.5. The number of rotatable bonds is 15. The number of thiazole rings is 1. The zero-order valence-electron chi connectivity index (χ0n) is 33.2. The number of esters is 1. The number of carbonyl (C=O) groups is 1. The van der Waals surface area contributed by atoms with E-state index in [-0.39, 0.29) is 34.1 Å². The Kier molecular flexibility index (Phi) is 10.0. The summed E-state index contributed by atoms with van der Waals surface area (Å²) in [5.41, 5.74) is 4.40. The molecule has 2 unspecified atom stereocenters. The maximum atomic E-state index is 13.5. The molecule has 0 saturated heterocycles. The topological polar surface area (TPSA) is 152 Å². The van der Waals surface area contributed by atoms with Crippen LogP contribution in [0.2, 0.25) is 0 Å². The molecule has 4 aromatic heterocycles. The van der Waals surface area contributed by atoms with Crippen LogP contribution in [0, 0.1) is 23.2 Å². The number of ether oxygens (including phenoxy) is 2. The molecule has 2 atom stereocenters. The van der Waals surface area contributed by atoms with Crippen molar-refractivity contribution >= 4 is 44.3 Å². The highest BCUT2D eigenvalue weighted by Gasteiger charge is 2.66. The van der Waals surface area contributed by atoms with Crippen LogP contribution in [-0.4, -0.2) is 79.5 Å². The van der Waals surface area contributed by atoms with Gasteiger partial charge in [0, 0.05) is 43.6 Å². The first-order valence-corrected chi connectivity index (χ1v) is 21.2. The van der Waals surface area contributed by atoms with Gasteiger partial charge in [-0.05, 0) is 112 Å². The summed E-state index contributed by atoms with van der Waals surface area (Å²) in [4.78, 5) is 24.8. The number of aliphatic hydroxyl groups is 1. The van der Waals surface area contributed by atoms with E-state index in [1.165, 1.54) is 6.42 Å². The Bertz CT molecular complexity index is 2210. The van der Waals surface area contributed by atoms with Crippen molar-refractivity contribution in [2.45, 2.75) is 97.2 Å². The van der Waals surface area contributed by atoms with Crippen molar-refractivity contribution in [3.8, 4) is 5.75 Å². The molecular weight excluding hydrogens is 739 g/mol. The van der Waals surface area contributed by atoms with Crippen LogP contribution in [0.15, 0.2) is 54.9 Å². The number of pyridine rings is 1. The largest absolute Gasteiger partial charge is 0.418 e. The fourth-order valence-corrected chi connectivity index (χ4v) is 12.5. The van der Waals surface area contributed by atoms with Gasteiger partial charge in [0.2, 0.25) is 0 Å². The van der Waals surface area contributed by atoms with Gasteiger partial charge in [-0.2, -0.15) is 5.10 Å². The van der Waals surface area contributed by atoms with E-state index in [0.29, 0.717) is 31.3 Å². The van der Waals surface area contributed by atoms with Gasteiger partial charge >= 0.3 is 5.97 Å². The predicted octanol–water partition coefficient (Wildman–Crippen LogP) is 7.01. The maximum Gasteiger partial charge on any atom is 0.362 e. The van der Waals surface area contributed by atoms with E-state index in [9.17, 15) is 9.90 Å². The lowest BCUT2D eigenvalue weighted by atomic mass is 9.39. The predicted molar refractivity (Wildman–Crippen MR) is 220 cm³/mol. The van der Waals surface area contributed by atoms with Crippen molar-refractivity contribution in [2.75, 3.05) is 43.1 Å². The number of para-hydroxylation sites is 1. The van der Waals surface area contributed by atoms with Gasteiger partial charge in [0.15, 0.2) is 22.5 Å². The first-order chi connectivity index (χ1) is 27.6. The van der Waals surface area contributed by atoms with Gasteiger partial charge in [-0.3, -0.25) is 4.68 Å². The monoisotopic (exact) mass is 791 g/mol. The number of benzene rings is 1. The standard InChI is InChI=1S/C43H53N9O4S/c1-29-30-10-8-17-51(37(30)50-49-36(29)48-39-47-31-11-4-5-13-35(31)57-39)21-33-34(56-38(54)32-12-6-7-15-45-32)20-46-52(33)28-42-23-40(2)22-41(3,24-42)26-43(25-40,27-42)55-19-16-44-14-9-18-53/h4-7,11-13,15,20,44,53H,8-10,14,16-19,21-28H2,1-3H3,(H,47,48,49). The molecule has 1 aromatic carbocycles. The van der Waals surface area contributed by atoms with Gasteiger partial charge in [0.05, 0.1) is 35.2 Å². The van der Waals surface area contributed by atoms with E-state index in [0.717, 1.165) is 109 Å². The molecule has 5 aliphatic rings. The Morgan fingerprint density at radius 1 is 1.00 bits per heavy atom. The summed E-state index contributed by atoms with van der Waals surface area (Å²) >= 11 is 1.60. The lowest BCUT2D eigenvalue weighted by Gasteiger charge is -2.69. The Balaban J connectivity index is 1.01. The van der Waals surface area contributed by atoms with E-state index < -0.39 is 5.97 Å². The van der Waals surface area contributed by atoms with Crippen LogP contribution in [0.1, 0.15) is 92.5 Å². The summed E-state index contributed by atoms with van der Waals surface area (Å²) in [6.45, 7) is 11.4. The van der Waals surface area contributed by atoms with Gasteiger partial charge in [0.1, 0.15) is 11.4 Å². The average Bonchev–Trinajstić information content (AvgIpc) is 3.75. The quantitative estimate of drug-likeness (QED) is 0.0739. The second kappa shape index (κ2) is 15.0. The third-order valence-electron chi connectivity index (χ3n) is 12.7. The third-order valence-corrected chi connectivity index (χ3v) is 13.6. The number of fused-ring (bicyclic) bond motifs is 2. The van der Waals surface area contributed by atoms with E-state index in [1.54, 1.807) is 41.9 Å². The minimum atomic E-state index is -0.508. The van der Waals surface area contributed by atoms with Crippen molar-refractivity contribution < 1.29 is 19.4 Å². The highest BCUT2D eigenvalue weighted by molar-refractivity contribution is 7.22. The summed E-state index contributed by atoms with van der Waals surface area (Å²) in [7, 11) is 0. The molecule has 4 saturated carbocycles. The van der Waals surface area contributed by atoms with Crippen LogP contribution in [0.3, 0.4) is 0 Å². The van der Waals surface area contributed by atoms with E-state index in [1.807, 2.05) is 18.2 Å². The zero-order chi connectivity index (χ0) is 39.3. The number of anilines is 3. The molecule has 4 bridgehead atoms. The Hall–Kier alpha value is -4.50. The molecule has 4 aliphatic carbocycles. The molecule has 5 aromatic rings. The Morgan fingerprint density at radius 3 is 2.61 bits per heavy atom. The van der Waals surface area contributed by atoms with Crippen LogP contribution in [0.5, 0.6) is 5.75 Å². The number of nitrogens with zero attached hydrogens (tertiary/aromatic N) is 7. The van der Waals surface area contributed by atoms with Crippen molar-refractivity contribution in [3.05, 3.63) is 77.4 Å². The highest BCUT2D eigenvalue weighted by Crippen LogP contribution is 2.72. The molecule has 1 aliphatic heterocycles. The van der Waals surface area contributed by atoms with Crippen molar-refractivity contribution in [1.29, 1.82) is 0 Å². The van der Waals surface area contributed by atoms with Gasteiger partial charge < -0.3 is 30.1 Å². The molecular formula is C43H53N9O4S. The molecule has 0 radical (unpaired) electrons. The number of hydrogen-bond donors (Lipinski definition) is 3. The lowest BCUT2D eigenvalue weighted by molar-refractivity contribution is -0.247. The molecule has 14 heteroatoms. The third kappa shape index (κ3) is 7.64. The summed E-state index contributed by atoms with van der Waals surface area (Å²) in [5.74, 6) is 1.49. The fourth-order valence-electron chi connectivity index (χ4n) is 11.7. The molecule has 0 amide bonds. The van der Waals surface area contributed by atoms with E-state index in [4.69, 9.17) is 29.8 Å². The average molecular weight is 792 g/mol. The number of nitrogens with one attached hydrogen (secondary N) is 2. The minimum Gasteiger partial charge on any atom is -0.418 e. The lowest BCUT2D eigenvalue weighted by Crippen LogP contribution is -2.64. The molecule has 0 spiro atoms. The normalized spacial score (nSPS) is 26.2. The summed E-state index contributed by atoms with van der Waals surface area (Å²) < 4.78 is 16.3. The Labute approximate surface area is 337 Å². The number of aliphatic hydroxyl groups excluding tert-OH is 1. The number of carbonyl (C=O) groups excluding carboxylic acids is 1. The first kappa shape index (κ1) is 38.0. The molecule has 10 rings (SSSR count). The molecule has 13 nitrogen and oxygen atoms in total. The van der Waals surface area contributed by atoms with Crippen molar-refractivity contribution in [1.82, 2.24) is 35.3 Å². The molecule has 300 valence electrons. The van der Waals surface area contributed by atoms with Gasteiger partial charge in [-0.1, -0.05) is 43.4 Å². The second-order valence-electron chi connectivity index (χ2n) is 17.9. The molecule has 4 fully saturated rings. The van der Waals surface area contributed by atoms with E-state index >= 15 is 0 Å². The molecule has 3 N–H and O–H groups in total. The first-order valence-electron chi connectivity index (χ1n) is 20.4. The summed E-state index contributed by atoms with van der Waals surface area (Å²) in [6.07, 6.45) is 12.4. The van der Waals surface area contributed by atoms with E-state index in [2.05, 4.69) is 52.0 Å². The number of hydrogen-bond acceptors (Lipinski definition) is 13. The second-order valence-corrected chi connectivity index (χ2v) is 18.9. The SMILES string of the molecule is Cc1c(Nc2nc3ccccc3s2)nnc2c1CCCN2Cc1c(OC(=O)c2ccccn2)cnn1CC12CC3(C)CC(C)(C1)CC(OCCNCCCO)(C3)C2. The van der Waals surface area contributed by atoms with Crippen molar-refractivity contribution in [3.63, 3.8) is 0 Å². The fraction of sp³-hybridized carbons (Fsp3) is 0.535. The van der Waals surface area contributed by atoms with Crippen LogP contribution in [0.4, 0.5) is 16.8 Å². The summed E-state index contributed by atoms with van der Waals surface area (Å²) in [5, 5.41) is 31.4. The van der Waals surface area contributed by atoms with Crippen LogP contribution in [0.25, 0.3) is 10.2 Å². The minimum absolute atomic E-state index is 0.0248. The van der Waals surface area contributed by atoms with Gasteiger partial charge in [0.25, 0.3) is 0 Å². The molecule has 5 heterocycles.